The van der Waals surface area contributed by atoms with Gasteiger partial charge in [0.2, 0.25) is 0 Å². The van der Waals surface area contributed by atoms with Crippen LogP contribution in [0.2, 0.25) is 0 Å². The van der Waals surface area contributed by atoms with Crippen LogP contribution in [0.15, 0.2) is 101 Å². The fraction of sp³-hybridized carbons (Fsp3) is 0. The van der Waals surface area contributed by atoms with Crippen molar-refractivity contribution in [2.45, 2.75) is 0 Å². The first-order valence-corrected chi connectivity index (χ1v) is 19.7. The van der Waals surface area contributed by atoms with Crippen molar-refractivity contribution in [2.75, 3.05) is 0 Å². The van der Waals surface area contributed by atoms with E-state index in [1.54, 1.807) is 0 Å². The molecule has 0 saturated heterocycles. The quantitative estimate of drug-likeness (QED) is 0.216. The lowest BCUT2D eigenvalue weighted by molar-refractivity contribution is 0.669. The van der Waals surface area contributed by atoms with E-state index in [1.807, 2.05) is 97.1 Å². The van der Waals surface area contributed by atoms with Crippen molar-refractivity contribution in [1.29, 1.82) is 0 Å². The number of fused-ring (bicyclic) bond motifs is 6. The van der Waals surface area contributed by atoms with E-state index in [2.05, 4.69) is 0 Å². The van der Waals surface area contributed by atoms with Gasteiger partial charge in [-0.2, -0.15) is 0 Å². The molecule has 0 bridgehead atoms. The second-order valence-electron chi connectivity index (χ2n) is 14.7. The van der Waals surface area contributed by atoms with Crippen LogP contribution in [0.1, 0.15) is 0 Å². The van der Waals surface area contributed by atoms with Crippen molar-refractivity contribution in [3.63, 3.8) is 0 Å². The fourth-order valence-corrected chi connectivity index (χ4v) is 9.37. The monoisotopic (exact) mass is 767 g/mol. The van der Waals surface area contributed by atoms with Crippen molar-refractivity contribution in [3.05, 3.63) is 97.1 Å². The minimum atomic E-state index is 0.0131. The van der Waals surface area contributed by atoms with Crippen molar-refractivity contribution in [2.24, 2.45) is 0 Å². The van der Waals surface area contributed by atoms with E-state index >= 15 is 0 Å². The molecular weight excluding hydrogens is 750 g/mol. The van der Waals surface area contributed by atoms with Crippen molar-refractivity contribution in [3.8, 4) is 56.4 Å². The largest absolute Gasteiger partial charge is 0.456 e. The van der Waals surface area contributed by atoms with Crippen LogP contribution in [0.25, 0.3) is 98.5 Å². The van der Waals surface area contributed by atoms with E-state index in [1.165, 1.54) is 11.3 Å². The van der Waals surface area contributed by atoms with E-state index in [-0.39, 0.29) is 77.0 Å². The van der Waals surface area contributed by atoms with Crippen molar-refractivity contribution in [1.82, 2.24) is 15.0 Å². The Labute approximate surface area is 370 Å². The molecule has 4 nitrogen and oxygen atoms in total. The molecule has 0 aliphatic carbocycles. The molecule has 16 heteroatoms. The molecule has 10 rings (SSSR count). The molecule has 3 aromatic heterocycles. The van der Waals surface area contributed by atoms with Gasteiger partial charge < -0.3 is 4.42 Å². The van der Waals surface area contributed by atoms with Crippen LogP contribution in [0, 0.1) is 0 Å². The number of nitrogens with zero attached hydrogens (tertiary/aromatic N) is 3. The minimum Gasteiger partial charge on any atom is -0.456 e. The normalized spacial score (nSPS) is 11.7. The first kappa shape index (κ1) is 39.4. The average molecular weight is 766 g/mol. The molecule has 0 aliphatic heterocycles. The van der Waals surface area contributed by atoms with Gasteiger partial charge in [-0.05, 0) is 45.8 Å². The summed E-state index contributed by atoms with van der Waals surface area (Å²) >= 11 is 1.25. The van der Waals surface area contributed by atoms with Gasteiger partial charge in [-0.3, -0.25) is 0 Å². The SMILES string of the molecule is [B]c1c([B])c([B])c(-c2c([B])c([B])c(-c3nc(-c4ccc(-c5ccccc5)cc4)nc(-c4ccc5c(c4)oc4ccccc45)n3)c3sc4c([B])c([B])c([B])c([B])c4c23)c([B])c1[B]. The fourth-order valence-electron chi connectivity index (χ4n) is 8.02. The van der Waals surface area contributed by atoms with Crippen LogP contribution < -0.4 is 60.1 Å². The highest BCUT2D eigenvalue weighted by Crippen LogP contribution is 2.41. The third-order valence-corrected chi connectivity index (χ3v) is 12.5. The Morgan fingerprint density at radius 3 is 1.54 bits per heavy atom. The Morgan fingerprint density at radius 2 is 0.836 bits per heavy atom. The summed E-state index contributed by atoms with van der Waals surface area (Å²) < 4.78 is 7.29. The van der Waals surface area contributed by atoms with Gasteiger partial charge in [0, 0.05) is 42.2 Å². The van der Waals surface area contributed by atoms with Crippen LogP contribution in [0.4, 0.5) is 0 Å². The first-order chi connectivity index (χ1) is 29.3. The van der Waals surface area contributed by atoms with Gasteiger partial charge in [-0.15, -0.1) is 38.7 Å². The lowest BCUT2D eigenvalue weighted by Crippen LogP contribution is -2.55. The standard InChI is InChI=1S/C45H16B11N3OS/c46-30-25(27-31(47)35(51)38(54)36(52)32(27)48)26-28-33(49)37(53)39(55)40(56)42(28)61-41(26)29(34(30)50)45-58-43(19-12-10-18(11-13-19)17-6-2-1-3-7-17)57-44(59-45)20-14-15-22-21-8-4-5-9-23(21)60-24(22)16-20/h1-16H. The Balaban J connectivity index is 1.30. The molecule has 0 spiro atoms. The smallest absolute Gasteiger partial charge is 0.164 e. The molecule has 0 N–H and O–H groups in total. The molecule has 0 amide bonds. The van der Waals surface area contributed by atoms with E-state index < -0.39 is 0 Å². The number of benzene rings is 7. The highest BCUT2D eigenvalue weighted by atomic mass is 32.1. The maximum atomic E-state index is 7.15. The second-order valence-corrected chi connectivity index (χ2v) is 15.8. The van der Waals surface area contributed by atoms with Crippen molar-refractivity contribution < 1.29 is 4.42 Å². The molecule has 3 heterocycles. The zero-order valence-electron chi connectivity index (χ0n) is 32.2. The van der Waals surface area contributed by atoms with E-state index in [4.69, 9.17) is 106 Å². The molecule has 61 heavy (non-hydrogen) atoms. The highest BCUT2D eigenvalue weighted by Gasteiger charge is 2.27. The predicted octanol–water partition coefficient (Wildman–Crippen LogP) is -0.794. The summed E-state index contributed by atoms with van der Waals surface area (Å²) in [6.45, 7) is 0. The lowest BCUT2D eigenvalue weighted by Gasteiger charge is -2.26. The number of aromatic nitrogens is 3. The van der Waals surface area contributed by atoms with Crippen molar-refractivity contribution >= 4 is 200 Å². The van der Waals surface area contributed by atoms with Gasteiger partial charge in [0.1, 0.15) is 97.5 Å². The summed E-state index contributed by atoms with van der Waals surface area (Å²) in [4.78, 5) is 15.2. The predicted molar refractivity (Wildman–Crippen MR) is 266 cm³/mol. The third kappa shape index (κ3) is 6.08. The molecule has 0 saturated carbocycles. The minimum absolute atomic E-state index is 0.0131. The van der Waals surface area contributed by atoms with Gasteiger partial charge in [0.05, 0.1) is 0 Å². The molecule has 0 unspecified atom stereocenters. The number of furan rings is 1. The summed E-state index contributed by atoms with van der Waals surface area (Å²) in [5, 5.41) is 2.81. The van der Waals surface area contributed by atoms with Crippen LogP contribution >= 0.6 is 11.3 Å². The van der Waals surface area contributed by atoms with E-state index in [0.29, 0.717) is 54.1 Å². The molecule has 22 radical (unpaired) electrons. The number of hydrogen-bond donors (Lipinski definition) is 0. The third-order valence-electron chi connectivity index (χ3n) is 11.3. The molecule has 256 valence electrons. The molecule has 10 aromatic rings. The number of rotatable bonds is 5. The van der Waals surface area contributed by atoms with E-state index in [9.17, 15) is 0 Å². The highest BCUT2D eigenvalue weighted by molar-refractivity contribution is 7.28. The van der Waals surface area contributed by atoms with Gasteiger partial charge in [-0.1, -0.05) is 112 Å². The molecular formula is C45H16B11N3OS. The molecule has 0 aliphatic rings. The van der Waals surface area contributed by atoms with Gasteiger partial charge in [-0.25, -0.2) is 15.0 Å². The van der Waals surface area contributed by atoms with Crippen LogP contribution in [-0.4, -0.2) is 101 Å². The maximum absolute atomic E-state index is 7.15. The van der Waals surface area contributed by atoms with Crippen LogP contribution in [0.5, 0.6) is 0 Å². The van der Waals surface area contributed by atoms with Crippen LogP contribution in [0.3, 0.4) is 0 Å². The zero-order valence-corrected chi connectivity index (χ0v) is 33.1. The van der Waals surface area contributed by atoms with Gasteiger partial charge >= 0.3 is 0 Å². The van der Waals surface area contributed by atoms with Gasteiger partial charge in [0.15, 0.2) is 17.5 Å². The van der Waals surface area contributed by atoms with Gasteiger partial charge in [0.25, 0.3) is 0 Å². The summed E-state index contributed by atoms with van der Waals surface area (Å²) in [6, 6.07) is 31.7. The Morgan fingerprint density at radius 1 is 0.344 bits per heavy atom. The topological polar surface area (TPSA) is 51.8 Å². The van der Waals surface area contributed by atoms with Crippen LogP contribution in [-0.2, 0) is 0 Å². The Kier molecular flexibility index (Phi) is 9.52. The molecule has 0 atom stereocenters. The Bertz CT molecular complexity index is 3470. The lowest BCUT2D eigenvalue weighted by atomic mass is 9.58. The summed E-state index contributed by atoms with van der Waals surface area (Å²) in [7, 11) is 73.0. The first-order valence-electron chi connectivity index (χ1n) is 18.9. The van der Waals surface area contributed by atoms with E-state index in [0.717, 1.165) is 27.5 Å². The number of hydrogen-bond acceptors (Lipinski definition) is 5. The maximum Gasteiger partial charge on any atom is 0.164 e. The number of para-hydroxylation sites is 1. The Hall–Kier alpha value is -5.72. The second kappa shape index (κ2) is 14.7. The average Bonchev–Trinajstić information content (AvgIpc) is 3.86. The summed E-state index contributed by atoms with van der Waals surface area (Å²) in [5.74, 6) is 0.895. The summed E-state index contributed by atoms with van der Waals surface area (Å²) in [6.07, 6.45) is 0. The number of thiophene rings is 1. The summed E-state index contributed by atoms with van der Waals surface area (Å²) in [5.41, 5.74) is 6.52. The zero-order chi connectivity index (χ0) is 42.6. The molecule has 0 fully saturated rings. The molecule has 7 aromatic carbocycles.